The van der Waals surface area contributed by atoms with E-state index in [2.05, 4.69) is 62.5 Å². The maximum Gasteiger partial charge on any atom is 0.472 e. The Labute approximate surface area is 490 Å². The zero-order valence-electron chi connectivity index (χ0n) is 53.1. The molecule has 0 saturated heterocycles. The van der Waals surface area contributed by atoms with Crippen LogP contribution in [0, 0.1) is 0 Å². The first-order valence-corrected chi connectivity index (χ1v) is 35.5. The normalized spacial score (nSPS) is 13.9. The van der Waals surface area contributed by atoms with Gasteiger partial charge in [-0.15, -0.1) is 0 Å². The van der Waals surface area contributed by atoms with E-state index < -0.39 is 20.0 Å². The number of nitrogens with zero attached hydrogens (tertiary/aromatic N) is 1. The number of nitrogens with one attached hydrogen (secondary N) is 1. The zero-order chi connectivity index (χ0) is 57.9. The van der Waals surface area contributed by atoms with Crippen LogP contribution in [0.25, 0.3) is 0 Å². The van der Waals surface area contributed by atoms with Crippen LogP contribution in [0.4, 0.5) is 0 Å². The number of amides is 1. The highest BCUT2D eigenvalue weighted by Gasteiger charge is 2.30. The van der Waals surface area contributed by atoms with Crippen LogP contribution in [0.3, 0.4) is 0 Å². The second kappa shape index (κ2) is 59.1. The van der Waals surface area contributed by atoms with E-state index in [9.17, 15) is 19.0 Å². The maximum absolute atomic E-state index is 13.5. The molecule has 10 heteroatoms. The second-order valence-electron chi connectivity index (χ2n) is 24.4. The SMILES string of the molecule is CCCCC/C=C/C=C/CCCCCCCCC(=O)NC(COP(=O)(O)OCC[N+](C)(C)C)C(/C=C\CCCCCCCCCCC)OC(=O)CCCCCCCCCCCCCCCCCCC/C=C/CCCCCCCC. The van der Waals surface area contributed by atoms with Crippen LogP contribution in [0.5, 0.6) is 0 Å². The van der Waals surface area contributed by atoms with E-state index in [1.54, 1.807) is 0 Å². The smallest absolute Gasteiger partial charge is 0.456 e. The molecule has 0 radical (unpaired) electrons. The molecule has 0 aliphatic carbocycles. The average Bonchev–Trinajstić information content (AvgIpc) is 3.41. The third kappa shape index (κ3) is 60.4. The molecule has 79 heavy (non-hydrogen) atoms. The lowest BCUT2D eigenvalue weighted by Crippen LogP contribution is -2.47. The molecule has 0 aromatic rings. The predicted octanol–water partition coefficient (Wildman–Crippen LogP) is 21.2. The summed E-state index contributed by atoms with van der Waals surface area (Å²) in [5.74, 6) is -0.507. The van der Waals surface area contributed by atoms with Crippen molar-refractivity contribution in [3.05, 3.63) is 48.6 Å². The fourth-order valence-electron chi connectivity index (χ4n) is 9.99. The molecule has 0 spiro atoms. The molecular formula is C69H132N2O7P+. The van der Waals surface area contributed by atoms with E-state index in [0.29, 0.717) is 23.9 Å². The number of phosphoric ester groups is 1. The molecule has 2 N–H and O–H groups in total. The van der Waals surface area contributed by atoms with Crippen LogP contribution < -0.4 is 5.32 Å². The lowest BCUT2D eigenvalue weighted by molar-refractivity contribution is -0.870. The number of carbonyl (C=O) groups excluding carboxylic acids is 2. The minimum atomic E-state index is -4.45. The van der Waals surface area contributed by atoms with Gasteiger partial charge < -0.3 is 19.4 Å². The van der Waals surface area contributed by atoms with Gasteiger partial charge in [0.15, 0.2) is 0 Å². The number of unbranched alkanes of at least 4 members (excludes halogenated alkanes) is 41. The lowest BCUT2D eigenvalue weighted by Gasteiger charge is -2.27. The van der Waals surface area contributed by atoms with Crippen molar-refractivity contribution < 1.29 is 37.3 Å². The molecule has 0 aromatic carbocycles. The zero-order valence-corrected chi connectivity index (χ0v) is 54.0. The van der Waals surface area contributed by atoms with E-state index in [4.69, 9.17) is 13.8 Å². The second-order valence-corrected chi connectivity index (χ2v) is 25.8. The minimum Gasteiger partial charge on any atom is -0.456 e. The fourth-order valence-corrected chi connectivity index (χ4v) is 10.7. The minimum absolute atomic E-state index is 0.0388. The molecule has 0 aliphatic heterocycles. The molecule has 0 aliphatic rings. The molecule has 0 bridgehead atoms. The van der Waals surface area contributed by atoms with E-state index >= 15 is 0 Å². The average molecular weight is 1130 g/mol. The van der Waals surface area contributed by atoms with Gasteiger partial charge in [-0.2, -0.15) is 0 Å². The number of carbonyl (C=O) groups is 2. The van der Waals surface area contributed by atoms with Crippen molar-refractivity contribution in [2.75, 3.05) is 40.9 Å². The monoisotopic (exact) mass is 1130 g/mol. The summed E-state index contributed by atoms with van der Waals surface area (Å²) in [6, 6.07) is -0.852. The highest BCUT2D eigenvalue weighted by atomic mass is 31.2. The molecule has 0 aromatic heterocycles. The predicted molar refractivity (Wildman–Crippen MR) is 342 cm³/mol. The van der Waals surface area contributed by atoms with E-state index in [1.165, 1.54) is 218 Å². The Balaban J connectivity index is 4.97. The standard InChI is InChI=1S/C69H131N2O7P/c1-7-10-13-16-19-22-25-27-29-30-31-32-33-34-35-36-37-38-39-40-42-44-47-50-53-56-59-62-69(73)78-67(60-57-54-51-48-45-24-21-18-15-12-9-3)66(65-77-79(74,75)76-64-63-71(4,5)6)70-68(72)61-58-55-52-49-46-43-41-28-26-23-20-17-14-11-8-2/h20,23,26-29,57,60,66-67H,7-19,21-22,24-25,30-56,58-59,61-65H2,1-6H3,(H-,70,72,74,75)/p+1/b23-20+,28-26+,29-27+,60-57-. The van der Waals surface area contributed by atoms with Gasteiger partial charge in [0, 0.05) is 12.8 Å². The molecule has 0 saturated carbocycles. The molecule has 0 rings (SSSR count). The van der Waals surface area contributed by atoms with Crippen molar-refractivity contribution in [2.24, 2.45) is 0 Å². The Morgan fingerprint density at radius 3 is 1.18 bits per heavy atom. The van der Waals surface area contributed by atoms with Crippen molar-refractivity contribution in [1.29, 1.82) is 0 Å². The quantitative estimate of drug-likeness (QED) is 0.0156. The molecule has 3 atom stereocenters. The van der Waals surface area contributed by atoms with E-state index in [1.807, 2.05) is 33.3 Å². The highest BCUT2D eigenvalue weighted by molar-refractivity contribution is 7.47. The molecule has 9 nitrogen and oxygen atoms in total. The molecule has 464 valence electrons. The number of ether oxygens (including phenoxy) is 1. The van der Waals surface area contributed by atoms with E-state index in [0.717, 1.165) is 77.0 Å². The van der Waals surface area contributed by atoms with Gasteiger partial charge in [-0.05, 0) is 83.1 Å². The highest BCUT2D eigenvalue weighted by Crippen LogP contribution is 2.43. The van der Waals surface area contributed by atoms with E-state index in [-0.39, 0.29) is 25.1 Å². The fraction of sp³-hybridized carbons (Fsp3) is 0.855. The summed E-state index contributed by atoms with van der Waals surface area (Å²) < 4.78 is 30.7. The first kappa shape index (κ1) is 77.0. The van der Waals surface area contributed by atoms with Gasteiger partial charge >= 0.3 is 13.8 Å². The number of hydrogen-bond acceptors (Lipinski definition) is 6. The van der Waals surface area contributed by atoms with Crippen molar-refractivity contribution in [1.82, 2.24) is 5.32 Å². The third-order valence-corrected chi connectivity index (χ3v) is 16.3. The number of allylic oxidation sites excluding steroid dienone is 7. The van der Waals surface area contributed by atoms with Crippen molar-refractivity contribution in [3.63, 3.8) is 0 Å². The summed E-state index contributed by atoms with van der Waals surface area (Å²) in [5.41, 5.74) is 0. The molecule has 3 unspecified atom stereocenters. The summed E-state index contributed by atoms with van der Waals surface area (Å²) >= 11 is 0. The van der Waals surface area contributed by atoms with Crippen LogP contribution in [0.2, 0.25) is 0 Å². The number of rotatable bonds is 62. The van der Waals surface area contributed by atoms with Crippen LogP contribution in [-0.4, -0.2) is 74.3 Å². The van der Waals surface area contributed by atoms with Crippen LogP contribution in [-0.2, 0) is 27.9 Å². The summed E-state index contributed by atoms with van der Waals surface area (Å²) in [5, 5.41) is 3.05. The Bertz CT molecular complexity index is 1490. The third-order valence-electron chi connectivity index (χ3n) is 15.3. The number of quaternary nitrogens is 1. The topological polar surface area (TPSA) is 111 Å². The lowest BCUT2D eigenvalue weighted by atomic mass is 10.0. The van der Waals surface area contributed by atoms with Crippen molar-refractivity contribution >= 4 is 19.7 Å². The number of likely N-dealkylation sites (N-methyl/N-ethyl adjacent to an activating group) is 1. The van der Waals surface area contributed by atoms with Crippen LogP contribution in [0.15, 0.2) is 48.6 Å². The van der Waals surface area contributed by atoms with Gasteiger partial charge in [-0.25, -0.2) is 4.57 Å². The summed E-state index contributed by atoms with van der Waals surface area (Å²) in [4.78, 5) is 37.7. The first-order valence-electron chi connectivity index (χ1n) is 34.0. The van der Waals surface area contributed by atoms with Gasteiger partial charge in [-0.3, -0.25) is 18.6 Å². The van der Waals surface area contributed by atoms with Gasteiger partial charge in [0.05, 0.1) is 33.8 Å². The number of esters is 1. The summed E-state index contributed by atoms with van der Waals surface area (Å²) in [6.07, 6.45) is 74.1. The van der Waals surface area contributed by atoms with Crippen LogP contribution in [0.1, 0.15) is 329 Å². The number of hydrogen-bond donors (Lipinski definition) is 2. The molecular weight excluding hydrogens is 1000 g/mol. The van der Waals surface area contributed by atoms with Gasteiger partial charge in [0.1, 0.15) is 19.3 Å². The Morgan fingerprint density at radius 2 is 0.772 bits per heavy atom. The van der Waals surface area contributed by atoms with Gasteiger partial charge in [-0.1, -0.05) is 282 Å². The summed E-state index contributed by atoms with van der Waals surface area (Å²) in [6.45, 7) is 7.00. The number of phosphoric acid groups is 1. The Hall–Kier alpha value is -2.03. The first-order chi connectivity index (χ1) is 38.4. The largest absolute Gasteiger partial charge is 0.472 e. The van der Waals surface area contributed by atoms with Crippen LogP contribution >= 0.6 is 7.82 Å². The van der Waals surface area contributed by atoms with Gasteiger partial charge in [0.2, 0.25) is 5.91 Å². The molecule has 0 heterocycles. The Kier molecular flexibility index (Phi) is 57.6. The van der Waals surface area contributed by atoms with Crippen molar-refractivity contribution in [2.45, 2.75) is 341 Å². The van der Waals surface area contributed by atoms with Gasteiger partial charge in [0.25, 0.3) is 0 Å². The molecule has 1 amide bonds. The van der Waals surface area contributed by atoms with Crippen molar-refractivity contribution in [3.8, 4) is 0 Å². The summed E-state index contributed by atoms with van der Waals surface area (Å²) in [7, 11) is 1.50. The molecule has 0 fully saturated rings. The maximum atomic E-state index is 13.5. The Morgan fingerprint density at radius 1 is 0.443 bits per heavy atom.